The molecule has 0 N–H and O–H groups in total. The Morgan fingerprint density at radius 1 is 1.04 bits per heavy atom. The van der Waals surface area contributed by atoms with E-state index in [1.54, 1.807) is 24.3 Å². The van der Waals surface area contributed by atoms with Gasteiger partial charge < -0.3 is 14.5 Å². The van der Waals surface area contributed by atoms with Crippen molar-refractivity contribution in [1.82, 2.24) is 20.4 Å². The Balaban J connectivity index is 1.33. The van der Waals surface area contributed by atoms with Crippen LogP contribution in [0.5, 0.6) is 0 Å². The molecule has 3 heterocycles. The number of nitrogens with zero attached hydrogens (tertiary/aromatic N) is 6. The van der Waals surface area contributed by atoms with E-state index in [2.05, 4.69) is 30.2 Å². The Labute approximate surface area is 168 Å². The van der Waals surface area contributed by atoms with E-state index in [1.165, 1.54) is 37.1 Å². The molecule has 1 aliphatic heterocycles. The van der Waals surface area contributed by atoms with Gasteiger partial charge in [-0.05, 0) is 31.9 Å². The van der Waals surface area contributed by atoms with Crippen LogP contribution in [0.4, 0.5) is 10.9 Å². The van der Waals surface area contributed by atoms with E-state index in [-0.39, 0.29) is 5.69 Å². The normalized spacial score (nSPS) is 18.3. The van der Waals surface area contributed by atoms with Crippen LogP contribution in [0.1, 0.15) is 60.4 Å². The van der Waals surface area contributed by atoms with Gasteiger partial charge in [0.15, 0.2) is 11.5 Å². The first-order chi connectivity index (χ1) is 13.7. The Hall–Kier alpha value is -2.29. The van der Waals surface area contributed by atoms with Gasteiger partial charge in [0.05, 0.1) is 6.61 Å². The molecule has 2 fully saturated rings. The van der Waals surface area contributed by atoms with E-state index in [1.807, 2.05) is 6.07 Å². The molecule has 0 aromatic carbocycles. The highest BCUT2D eigenvalue weighted by atomic mass is 32.1. The van der Waals surface area contributed by atoms with Crippen LogP contribution in [0.25, 0.3) is 0 Å². The van der Waals surface area contributed by atoms with Gasteiger partial charge in [-0.2, -0.15) is 0 Å². The second-order valence-electron chi connectivity index (χ2n) is 7.23. The highest BCUT2D eigenvalue weighted by Crippen LogP contribution is 2.36. The average molecular weight is 403 g/mol. The van der Waals surface area contributed by atoms with Crippen LogP contribution in [0.2, 0.25) is 0 Å². The molecule has 8 nitrogen and oxygen atoms in total. The number of ether oxygens (including phenoxy) is 1. The zero-order chi connectivity index (χ0) is 19.3. The molecule has 4 rings (SSSR count). The quantitative estimate of drug-likeness (QED) is 0.706. The number of hydrogen-bond donors (Lipinski definition) is 0. The van der Waals surface area contributed by atoms with Crippen molar-refractivity contribution in [3.63, 3.8) is 0 Å². The van der Waals surface area contributed by atoms with E-state index in [4.69, 9.17) is 4.74 Å². The molecule has 150 valence electrons. The molecule has 1 aliphatic carbocycles. The topological polar surface area (TPSA) is 84.3 Å². The van der Waals surface area contributed by atoms with Crippen molar-refractivity contribution in [3.05, 3.63) is 22.8 Å². The number of hydrogen-bond acceptors (Lipinski definition) is 9. The maximum Gasteiger partial charge on any atom is 0.358 e. The van der Waals surface area contributed by atoms with Crippen LogP contribution in [0.3, 0.4) is 0 Å². The lowest BCUT2D eigenvalue weighted by Gasteiger charge is -2.34. The lowest BCUT2D eigenvalue weighted by atomic mass is 9.90. The van der Waals surface area contributed by atoms with E-state index in [0.29, 0.717) is 12.5 Å². The molecule has 0 spiro atoms. The van der Waals surface area contributed by atoms with Crippen molar-refractivity contribution >= 4 is 28.3 Å². The van der Waals surface area contributed by atoms with Crippen molar-refractivity contribution in [2.75, 3.05) is 42.6 Å². The molecule has 1 saturated carbocycles. The lowest BCUT2D eigenvalue weighted by Crippen LogP contribution is -2.46. The third-order valence-corrected chi connectivity index (χ3v) is 6.54. The van der Waals surface area contributed by atoms with E-state index in [9.17, 15) is 4.79 Å². The summed E-state index contributed by atoms with van der Waals surface area (Å²) in [6, 6.07) is 3.51. The number of esters is 1. The van der Waals surface area contributed by atoms with Crippen LogP contribution in [0.15, 0.2) is 12.1 Å². The van der Waals surface area contributed by atoms with Gasteiger partial charge >= 0.3 is 5.97 Å². The molecule has 0 radical (unpaired) electrons. The first kappa shape index (κ1) is 19.0. The molecule has 2 aromatic heterocycles. The first-order valence-electron chi connectivity index (χ1n) is 10.1. The number of anilines is 2. The molecule has 28 heavy (non-hydrogen) atoms. The fourth-order valence-electron chi connectivity index (χ4n) is 3.80. The van der Waals surface area contributed by atoms with Crippen LogP contribution >= 0.6 is 11.3 Å². The van der Waals surface area contributed by atoms with Crippen molar-refractivity contribution in [3.8, 4) is 0 Å². The minimum atomic E-state index is -0.434. The summed E-state index contributed by atoms with van der Waals surface area (Å²) in [6.45, 7) is 5.53. The average Bonchev–Trinajstić information content (AvgIpc) is 3.25. The number of carbonyl (C=O) groups is 1. The summed E-state index contributed by atoms with van der Waals surface area (Å²) in [5.74, 6) is 0.957. The lowest BCUT2D eigenvalue weighted by molar-refractivity contribution is 0.0518. The van der Waals surface area contributed by atoms with Crippen LogP contribution in [-0.4, -0.2) is 59.1 Å². The summed E-state index contributed by atoms with van der Waals surface area (Å²) in [5, 5.41) is 19.4. The molecule has 2 aromatic rings. The molecule has 9 heteroatoms. The Bertz CT molecular complexity index is 782. The van der Waals surface area contributed by atoms with Crippen molar-refractivity contribution in [2.45, 2.75) is 44.9 Å². The van der Waals surface area contributed by atoms with Gasteiger partial charge in [0.2, 0.25) is 5.13 Å². The minimum Gasteiger partial charge on any atom is -0.461 e. The van der Waals surface area contributed by atoms with Gasteiger partial charge in [0.1, 0.15) is 5.01 Å². The van der Waals surface area contributed by atoms with E-state index in [0.717, 1.165) is 37.1 Å². The van der Waals surface area contributed by atoms with E-state index < -0.39 is 5.97 Å². The molecule has 0 atom stereocenters. The first-order valence-corrected chi connectivity index (χ1v) is 10.9. The molecule has 1 saturated heterocycles. The highest BCUT2D eigenvalue weighted by Gasteiger charge is 2.24. The Morgan fingerprint density at radius 2 is 1.79 bits per heavy atom. The predicted molar refractivity (Wildman–Crippen MR) is 108 cm³/mol. The standard InChI is InChI=1S/C19H26N6O2S/c1-2-27-18(26)15-8-9-16(21-20-15)24-10-12-25(13-11-24)19-23-22-17(28-19)14-6-4-3-5-7-14/h8-9,14H,2-7,10-13H2,1H3. The molecular weight excluding hydrogens is 376 g/mol. The molecule has 2 aliphatic rings. The zero-order valence-electron chi connectivity index (χ0n) is 16.2. The van der Waals surface area contributed by atoms with Crippen LogP contribution in [-0.2, 0) is 4.74 Å². The maximum absolute atomic E-state index is 11.7. The molecule has 0 amide bonds. The monoisotopic (exact) mass is 402 g/mol. The summed E-state index contributed by atoms with van der Waals surface area (Å²) in [6.07, 6.45) is 6.49. The fourth-order valence-corrected chi connectivity index (χ4v) is 4.87. The maximum atomic E-state index is 11.7. The van der Waals surface area contributed by atoms with Gasteiger partial charge in [-0.3, -0.25) is 0 Å². The van der Waals surface area contributed by atoms with Crippen molar-refractivity contribution in [1.29, 1.82) is 0 Å². The molecule has 0 unspecified atom stereocenters. The van der Waals surface area contributed by atoms with Crippen molar-refractivity contribution < 1.29 is 9.53 Å². The van der Waals surface area contributed by atoms with Gasteiger partial charge in [0.25, 0.3) is 0 Å². The third kappa shape index (κ3) is 4.24. The van der Waals surface area contributed by atoms with Crippen LogP contribution in [0, 0.1) is 0 Å². The number of rotatable bonds is 5. The largest absolute Gasteiger partial charge is 0.461 e. The second-order valence-corrected chi connectivity index (χ2v) is 8.22. The zero-order valence-corrected chi connectivity index (χ0v) is 17.0. The fraction of sp³-hybridized carbons (Fsp3) is 0.632. The summed E-state index contributed by atoms with van der Waals surface area (Å²) in [5.41, 5.74) is 0.244. The summed E-state index contributed by atoms with van der Waals surface area (Å²) >= 11 is 1.76. The van der Waals surface area contributed by atoms with Gasteiger partial charge in [-0.25, -0.2) is 4.79 Å². The van der Waals surface area contributed by atoms with Crippen LogP contribution < -0.4 is 9.80 Å². The van der Waals surface area contributed by atoms with E-state index >= 15 is 0 Å². The highest BCUT2D eigenvalue weighted by molar-refractivity contribution is 7.15. The summed E-state index contributed by atoms with van der Waals surface area (Å²) in [7, 11) is 0. The predicted octanol–water partition coefficient (Wildman–Crippen LogP) is 2.88. The summed E-state index contributed by atoms with van der Waals surface area (Å²) < 4.78 is 4.95. The SMILES string of the molecule is CCOC(=O)c1ccc(N2CCN(c3nnc(C4CCCCC4)s3)CC2)nn1. The minimum absolute atomic E-state index is 0.244. The van der Waals surface area contributed by atoms with Gasteiger partial charge in [-0.1, -0.05) is 30.6 Å². The van der Waals surface area contributed by atoms with Gasteiger partial charge in [-0.15, -0.1) is 20.4 Å². The Morgan fingerprint density at radius 3 is 2.46 bits per heavy atom. The number of carbonyl (C=O) groups excluding carboxylic acids is 1. The second kappa shape index (κ2) is 8.81. The third-order valence-electron chi connectivity index (χ3n) is 5.39. The van der Waals surface area contributed by atoms with Gasteiger partial charge in [0, 0.05) is 32.1 Å². The molecule has 0 bridgehead atoms. The number of piperazine rings is 1. The Kier molecular flexibility index (Phi) is 5.99. The van der Waals surface area contributed by atoms with Crippen molar-refractivity contribution in [2.24, 2.45) is 0 Å². The summed E-state index contributed by atoms with van der Waals surface area (Å²) in [4.78, 5) is 16.2. The molecular formula is C19H26N6O2S. The number of aromatic nitrogens is 4. The smallest absolute Gasteiger partial charge is 0.358 e.